The van der Waals surface area contributed by atoms with E-state index in [1.165, 1.54) is 41.7 Å². The Balaban J connectivity index is 2.28. The number of sulfonamides is 1. The monoisotopic (exact) mass is 294 g/mol. The van der Waals surface area contributed by atoms with Crippen molar-refractivity contribution in [1.29, 1.82) is 0 Å². The van der Waals surface area contributed by atoms with Gasteiger partial charge in [-0.05, 0) is 24.3 Å². The Kier molecular flexibility index (Phi) is 3.60. The maximum absolute atomic E-state index is 12.2. The third kappa shape index (κ3) is 2.70. The van der Waals surface area contributed by atoms with Crippen LogP contribution < -0.4 is 10.0 Å². The van der Waals surface area contributed by atoms with Crippen molar-refractivity contribution in [3.8, 4) is 0 Å². The number of amides is 1. The lowest BCUT2D eigenvalue weighted by atomic mass is 10.3. The van der Waals surface area contributed by atoms with E-state index in [9.17, 15) is 13.2 Å². The number of hydrogen-bond acceptors (Lipinski definition) is 4. The molecule has 1 heterocycles. The Morgan fingerprint density at radius 1 is 1.30 bits per heavy atom. The van der Waals surface area contributed by atoms with E-state index in [1.54, 1.807) is 18.7 Å². The maximum Gasteiger partial charge on any atom is 0.276 e. The molecule has 1 aromatic carbocycles. The number of aromatic nitrogens is 2. The summed E-state index contributed by atoms with van der Waals surface area (Å²) < 4.78 is 23.9. The van der Waals surface area contributed by atoms with Crippen LogP contribution in [0.2, 0.25) is 0 Å². The first-order valence-corrected chi connectivity index (χ1v) is 7.22. The third-order valence-electron chi connectivity index (χ3n) is 2.89. The fourth-order valence-electron chi connectivity index (χ4n) is 1.71. The number of hydrogen-bond donors (Lipinski definition) is 1. The van der Waals surface area contributed by atoms with Crippen LogP contribution in [0.4, 0.5) is 5.69 Å². The second-order valence-corrected chi connectivity index (χ2v) is 5.85. The van der Waals surface area contributed by atoms with Gasteiger partial charge in [0.05, 0.1) is 17.4 Å². The molecule has 0 saturated carbocycles. The molecule has 1 amide bonds. The fraction of sp³-hybridized carbons (Fsp3) is 0.167. The van der Waals surface area contributed by atoms with Crippen LogP contribution in [0.5, 0.6) is 0 Å². The van der Waals surface area contributed by atoms with Crippen LogP contribution in [0, 0.1) is 0 Å². The summed E-state index contributed by atoms with van der Waals surface area (Å²) in [5.74, 6) is -0.242. The summed E-state index contributed by atoms with van der Waals surface area (Å²) in [4.78, 5) is 17.5. The summed E-state index contributed by atoms with van der Waals surface area (Å²) in [5, 5.41) is 5.02. The molecule has 0 atom stereocenters. The zero-order valence-corrected chi connectivity index (χ0v) is 11.8. The molecular weight excluding hydrogens is 280 g/mol. The molecule has 0 radical (unpaired) electrons. The number of rotatable bonds is 3. The number of imidazole rings is 1. The van der Waals surface area contributed by atoms with E-state index in [0.29, 0.717) is 11.4 Å². The lowest BCUT2D eigenvalue weighted by Gasteiger charge is -2.17. The largest absolute Gasteiger partial charge is 0.330 e. The van der Waals surface area contributed by atoms with Crippen molar-refractivity contribution in [1.82, 2.24) is 9.55 Å². The number of nitrogens with two attached hydrogens (primary N) is 1. The molecule has 0 aliphatic carbocycles. The SMILES string of the molecule is CN(C(=O)c1cncn1C)c1ccc(S(N)(=O)=O)cc1. The van der Waals surface area contributed by atoms with Gasteiger partial charge in [-0.25, -0.2) is 18.5 Å². The molecule has 2 aromatic rings. The molecule has 0 aliphatic rings. The highest BCUT2D eigenvalue weighted by Gasteiger charge is 2.17. The van der Waals surface area contributed by atoms with Crippen molar-refractivity contribution >= 4 is 21.6 Å². The van der Waals surface area contributed by atoms with E-state index in [2.05, 4.69) is 4.98 Å². The smallest absolute Gasteiger partial charge is 0.276 e. The second kappa shape index (κ2) is 5.06. The molecule has 106 valence electrons. The number of anilines is 1. The minimum absolute atomic E-state index is 0.00244. The van der Waals surface area contributed by atoms with E-state index < -0.39 is 10.0 Å². The van der Waals surface area contributed by atoms with Crippen molar-refractivity contribution < 1.29 is 13.2 Å². The van der Waals surface area contributed by atoms with Gasteiger partial charge in [0, 0.05) is 19.8 Å². The summed E-state index contributed by atoms with van der Waals surface area (Å²) in [5.41, 5.74) is 0.992. The van der Waals surface area contributed by atoms with Crippen molar-refractivity contribution in [2.45, 2.75) is 4.90 Å². The van der Waals surface area contributed by atoms with Gasteiger partial charge in [-0.2, -0.15) is 0 Å². The van der Waals surface area contributed by atoms with Crippen molar-refractivity contribution in [2.75, 3.05) is 11.9 Å². The van der Waals surface area contributed by atoms with Crippen molar-refractivity contribution in [3.63, 3.8) is 0 Å². The average Bonchev–Trinajstić information content (AvgIpc) is 2.82. The summed E-state index contributed by atoms with van der Waals surface area (Å²) in [6, 6.07) is 5.76. The van der Waals surface area contributed by atoms with Gasteiger partial charge < -0.3 is 9.47 Å². The quantitative estimate of drug-likeness (QED) is 0.882. The third-order valence-corrected chi connectivity index (χ3v) is 3.82. The van der Waals surface area contributed by atoms with Crippen LogP contribution in [0.1, 0.15) is 10.5 Å². The van der Waals surface area contributed by atoms with Gasteiger partial charge in [-0.1, -0.05) is 0 Å². The van der Waals surface area contributed by atoms with Gasteiger partial charge in [-0.15, -0.1) is 0 Å². The lowest BCUT2D eigenvalue weighted by molar-refractivity contribution is 0.0985. The van der Waals surface area contributed by atoms with Crippen LogP contribution in [-0.2, 0) is 17.1 Å². The van der Waals surface area contributed by atoms with Gasteiger partial charge in [0.1, 0.15) is 5.69 Å². The highest BCUT2D eigenvalue weighted by molar-refractivity contribution is 7.89. The fourth-order valence-corrected chi connectivity index (χ4v) is 2.23. The molecule has 7 nitrogen and oxygen atoms in total. The van der Waals surface area contributed by atoms with E-state index in [0.717, 1.165) is 0 Å². The summed E-state index contributed by atoms with van der Waals surface area (Å²) >= 11 is 0. The first-order valence-electron chi connectivity index (χ1n) is 5.68. The Labute approximate surface area is 116 Å². The average molecular weight is 294 g/mol. The molecule has 20 heavy (non-hydrogen) atoms. The Morgan fingerprint density at radius 2 is 1.90 bits per heavy atom. The predicted molar refractivity (Wildman–Crippen MR) is 73.8 cm³/mol. The molecule has 1 aromatic heterocycles. The van der Waals surface area contributed by atoms with Crippen molar-refractivity contribution in [3.05, 3.63) is 42.5 Å². The van der Waals surface area contributed by atoms with Gasteiger partial charge in [0.25, 0.3) is 5.91 Å². The standard InChI is InChI=1S/C12H14N4O3S/c1-15-8-14-7-11(15)12(17)16(2)9-3-5-10(6-4-9)20(13,18)19/h3-8H,1-2H3,(H2,13,18,19). The molecule has 0 bridgehead atoms. The van der Waals surface area contributed by atoms with Crippen molar-refractivity contribution in [2.24, 2.45) is 12.2 Å². The zero-order chi connectivity index (χ0) is 14.9. The lowest BCUT2D eigenvalue weighted by Crippen LogP contribution is -2.28. The summed E-state index contributed by atoms with van der Waals surface area (Å²) in [6.45, 7) is 0. The summed E-state index contributed by atoms with van der Waals surface area (Å²) in [6.07, 6.45) is 3.00. The minimum atomic E-state index is -3.73. The highest BCUT2D eigenvalue weighted by Crippen LogP contribution is 2.18. The minimum Gasteiger partial charge on any atom is -0.330 e. The molecule has 8 heteroatoms. The number of carbonyl (C=O) groups excluding carboxylic acids is 1. The number of aryl methyl sites for hydroxylation is 1. The zero-order valence-electron chi connectivity index (χ0n) is 11.0. The molecule has 2 rings (SSSR count). The first-order chi connectivity index (χ1) is 9.30. The van der Waals surface area contributed by atoms with Crippen LogP contribution in [0.25, 0.3) is 0 Å². The molecule has 0 fully saturated rings. The van der Waals surface area contributed by atoms with E-state index in [-0.39, 0.29) is 10.8 Å². The number of nitrogens with zero attached hydrogens (tertiary/aromatic N) is 3. The van der Waals surface area contributed by atoms with Crippen LogP contribution in [0.15, 0.2) is 41.7 Å². The van der Waals surface area contributed by atoms with Crippen LogP contribution >= 0.6 is 0 Å². The van der Waals surface area contributed by atoms with Gasteiger partial charge in [0.15, 0.2) is 0 Å². The molecular formula is C12H14N4O3S. The van der Waals surface area contributed by atoms with Crippen LogP contribution in [-0.4, -0.2) is 30.9 Å². The van der Waals surface area contributed by atoms with Gasteiger partial charge in [-0.3, -0.25) is 4.79 Å². The van der Waals surface area contributed by atoms with E-state index in [1.807, 2.05) is 0 Å². The van der Waals surface area contributed by atoms with Crippen LogP contribution in [0.3, 0.4) is 0 Å². The Hall–Kier alpha value is -2.19. The highest BCUT2D eigenvalue weighted by atomic mass is 32.2. The molecule has 0 saturated heterocycles. The van der Waals surface area contributed by atoms with Gasteiger partial charge in [0.2, 0.25) is 10.0 Å². The molecule has 0 spiro atoms. The Morgan fingerprint density at radius 3 is 2.35 bits per heavy atom. The normalized spacial score (nSPS) is 11.3. The van der Waals surface area contributed by atoms with E-state index in [4.69, 9.17) is 5.14 Å². The first kappa shape index (κ1) is 14.2. The maximum atomic E-state index is 12.2. The number of carbonyl (C=O) groups is 1. The summed E-state index contributed by atoms with van der Waals surface area (Å²) in [7, 11) is -0.414. The molecule has 0 unspecified atom stereocenters. The Bertz CT molecular complexity index is 734. The predicted octanol–water partition coefficient (Wildman–Crippen LogP) is 0.344. The van der Waals surface area contributed by atoms with E-state index >= 15 is 0 Å². The topological polar surface area (TPSA) is 98.3 Å². The van der Waals surface area contributed by atoms with Gasteiger partial charge >= 0.3 is 0 Å². The molecule has 2 N–H and O–H groups in total. The number of primary sulfonamides is 1. The second-order valence-electron chi connectivity index (χ2n) is 4.29. The molecule has 0 aliphatic heterocycles. The number of benzene rings is 1.